The first-order chi connectivity index (χ1) is 14.6. The van der Waals surface area contributed by atoms with E-state index in [2.05, 4.69) is 10.2 Å². The Morgan fingerprint density at radius 2 is 2.00 bits per heavy atom. The fourth-order valence-electron chi connectivity index (χ4n) is 4.11. The van der Waals surface area contributed by atoms with Gasteiger partial charge in [-0.25, -0.2) is 9.59 Å². The third-order valence-electron chi connectivity index (χ3n) is 5.41. The first kappa shape index (κ1) is 20.6. The fourth-order valence-corrected chi connectivity index (χ4v) is 5.43. The summed E-state index contributed by atoms with van der Waals surface area (Å²) < 4.78 is 10.4. The summed E-state index contributed by atoms with van der Waals surface area (Å²) in [6.45, 7) is 4.69. The van der Waals surface area contributed by atoms with E-state index in [-0.39, 0.29) is 19.1 Å². The van der Waals surface area contributed by atoms with Gasteiger partial charge in [-0.05, 0) is 43.4 Å². The van der Waals surface area contributed by atoms with Crippen molar-refractivity contribution in [3.05, 3.63) is 51.9 Å². The van der Waals surface area contributed by atoms with Crippen LogP contribution in [-0.2, 0) is 32.2 Å². The molecule has 3 heterocycles. The van der Waals surface area contributed by atoms with Crippen LogP contribution in [0.2, 0.25) is 0 Å². The van der Waals surface area contributed by atoms with Gasteiger partial charge in [0.1, 0.15) is 11.6 Å². The predicted octanol–water partition coefficient (Wildman–Crippen LogP) is 3.30. The van der Waals surface area contributed by atoms with E-state index >= 15 is 0 Å². The molecule has 30 heavy (non-hydrogen) atoms. The number of esters is 2. The lowest BCUT2D eigenvalue weighted by Crippen LogP contribution is -2.38. The molecule has 7 nitrogen and oxygen atoms in total. The zero-order valence-electron chi connectivity index (χ0n) is 16.8. The highest BCUT2D eigenvalue weighted by Crippen LogP contribution is 2.45. The molecule has 1 fully saturated rings. The molecule has 1 saturated heterocycles. The number of fused-ring (bicyclic) bond motifs is 4. The molecule has 2 atom stereocenters. The van der Waals surface area contributed by atoms with Gasteiger partial charge in [0.05, 0.1) is 12.2 Å². The number of carbonyl (C=O) groups is 3. The molecule has 8 heteroatoms. The molecule has 0 saturated carbocycles. The SMILES string of the molecule is CCOC(=O)c1c(NC(=O)C(=O)OCc2ccccc2)sc2c1C1CCCN(C2)C1. The number of nitrogens with one attached hydrogen (secondary N) is 1. The zero-order chi connectivity index (χ0) is 21.1. The van der Waals surface area contributed by atoms with Crippen LogP contribution in [0.3, 0.4) is 0 Å². The molecule has 0 spiro atoms. The van der Waals surface area contributed by atoms with E-state index in [0.717, 1.165) is 48.5 Å². The topological polar surface area (TPSA) is 84.9 Å². The van der Waals surface area contributed by atoms with E-state index in [1.807, 2.05) is 30.3 Å². The van der Waals surface area contributed by atoms with Gasteiger partial charge in [-0.3, -0.25) is 9.69 Å². The average molecular weight is 429 g/mol. The summed E-state index contributed by atoms with van der Waals surface area (Å²) in [6.07, 6.45) is 2.08. The van der Waals surface area contributed by atoms with E-state index in [1.54, 1.807) is 6.92 Å². The molecule has 158 valence electrons. The number of hydrogen-bond donors (Lipinski definition) is 1. The third kappa shape index (κ3) is 4.24. The minimum Gasteiger partial charge on any atom is -0.462 e. The summed E-state index contributed by atoms with van der Waals surface area (Å²) in [5, 5.41) is 2.98. The van der Waals surface area contributed by atoms with E-state index < -0.39 is 17.8 Å². The molecule has 0 aliphatic carbocycles. The van der Waals surface area contributed by atoms with Gasteiger partial charge in [0.25, 0.3) is 0 Å². The van der Waals surface area contributed by atoms with Gasteiger partial charge >= 0.3 is 17.8 Å². The van der Waals surface area contributed by atoms with Crippen LogP contribution in [0.1, 0.15) is 52.0 Å². The van der Waals surface area contributed by atoms with Gasteiger partial charge in [-0.1, -0.05) is 30.3 Å². The molecular formula is C22H24N2O5S. The van der Waals surface area contributed by atoms with Gasteiger partial charge in [0, 0.05) is 18.0 Å². The molecule has 2 aliphatic heterocycles. The summed E-state index contributed by atoms with van der Waals surface area (Å²) in [4.78, 5) is 40.8. The number of piperidine rings is 1. The summed E-state index contributed by atoms with van der Waals surface area (Å²) in [5.41, 5.74) is 2.16. The number of amides is 1. The van der Waals surface area contributed by atoms with Gasteiger partial charge in [-0.2, -0.15) is 0 Å². The Morgan fingerprint density at radius 1 is 1.20 bits per heavy atom. The smallest absolute Gasteiger partial charge is 0.397 e. The first-order valence-electron chi connectivity index (χ1n) is 10.1. The van der Waals surface area contributed by atoms with Crippen molar-refractivity contribution in [1.82, 2.24) is 4.90 Å². The molecule has 1 aromatic heterocycles. The number of ether oxygens (including phenoxy) is 2. The number of thiophene rings is 1. The third-order valence-corrected chi connectivity index (χ3v) is 6.51. The maximum Gasteiger partial charge on any atom is 0.397 e. The Morgan fingerprint density at radius 3 is 2.77 bits per heavy atom. The second-order valence-corrected chi connectivity index (χ2v) is 8.56. The molecule has 2 bridgehead atoms. The highest BCUT2D eigenvalue weighted by molar-refractivity contribution is 7.17. The summed E-state index contributed by atoms with van der Waals surface area (Å²) >= 11 is 1.35. The fraction of sp³-hybridized carbons (Fsp3) is 0.409. The normalized spacial score (nSPS) is 19.5. The highest BCUT2D eigenvalue weighted by Gasteiger charge is 2.37. The standard InChI is InChI=1S/C22H24N2O5S/c1-2-28-21(26)18-17-15-9-6-10-24(11-15)12-16(17)30-20(18)23-19(25)22(27)29-13-14-7-4-3-5-8-14/h3-5,7-8,15H,2,6,9-13H2,1H3,(H,23,25). The van der Waals surface area contributed by atoms with Gasteiger partial charge in [0.2, 0.25) is 0 Å². The Bertz CT molecular complexity index is 956. The average Bonchev–Trinajstić information content (AvgIpc) is 3.11. The van der Waals surface area contributed by atoms with Crippen LogP contribution in [-0.4, -0.2) is 42.4 Å². The van der Waals surface area contributed by atoms with Crippen molar-refractivity contribution in [2.75, 3.05) is 25.0 Å². The van der Waals surface area contributed by atoms with Crippen molar-refractivity contribution in [2.45, 2.75) is 38.8 Å². The van der Waals surface area contributed by atoms with Gasteiger partial charge in [-0.15, -0.1) is 11.3 Å². The Hall–Kier alpha value is -2.71. The highest BCUT2D eigenvalue weighted by atomic mass is 32.1. The summed E-state index contributed by atoms with van der Waals surface area (Å²) in [6, 6.07) is 9.14. The molecule has 0 radical (unpaired) electrons. The zero-order valence-corrected chi connectivity index (χ0v) is 17.6. The maximum absolute atomic E-state index is 12.7. The van der Waals surface area contributed by atoms with Gasteiger partial charge in [0.15, 0.2) is 0 Å². The van der Waals surface area contributed by atoms with Crippen LogP contribution in [0.5, 0.6) is 0 Å². The van der Waals surface area contributed by atoms with Crippen LogP contribution < -0.4 is 5.32 Å². The molecule has 2 aromatic rings. The Balaban J connectivity index is 1.53. The number of rotatable bonds is 5. The maximum atomic E-state index is 12.7. The second kappa shape index (κ2) is 8.97. The molecular weight excluding hydrogens is 404 g/mol. The van der Waals surface area contributed by atoms with Crippen LogP contribution >= 0.6 is 11.3 Å². The largest absolute Gasteiger partial charge is 0.462 e. The van der Waals surface area contributed by atoms with Crippen molar-refractivity contribution in [3.63, 3.8) is 0 Å². The molecule has 2 unspecified atom stereocenters. The van der Waals surface area contributed by atoms with Crippen molar-refractivity contribution in [2.24, 2.45) is 0 Å². The predicted molar refractivity (Wildman–Crippen MR) is 112 cm³/mol. The quantitative estimate of drug-likeness (QED) is 0.581. The van der Waals surface area contributed by atoms with Crippen molar-refractivity contribution < 1.29 is 23.9 Å². The number of anilines is 1. The molecule has 2 aliphatic rings. The summed E-state index contributed by atoms with van der Waals surface area (Å²) in [5.74, 6) is -2.09. The number of nitrogens with zero attached hydrogens (tertiary/aromatic N) is 1. The molecule has 1 aromatic carbocycles. The number of carbonyl (C=O) groups excluding carboxylic acids is 3. The Labute approximate surface area is 179 Å². The first-order valence-corrected chi connectivity index (χ1v) is 11.0. The minimum atomic E-state index is -0.984. The van der Waals surface area contributed by atoms with E-state index in [1.165, 1.54) is 11.3 Å². The van der Waals surface area contributed by atoms with Crippen LogP contribution in [0.4, 0.5) is 5.00 Å². The minimum absolute atomic E-state index is 0.00972. The van der Waals surface area contributed by atoms with E-state index in [9.17, 15) is 14.4 Å². The van der Waals surface area contributed by atoms with Crippen LogP contribution in [0, 0.1) is 0 Å². The van der Waals surface area contributed by atoms with Crippen LogP contribution in [0.15, 0.2) is 30.3 Å². The van der Waals surface area contributed by atoms with Gasteiger partial charge < -0.3 is 14.8 Å². The van der Waals surface area contributed by atoms with Crippen molar-refractivity contribution in [3.8, 4) is 0 Å². The molecule has 1 N–H and O–H groups in total. The monoisotopic (exact) mass is 428 g/mol. The molecule has 1 amide bonds. The van der Waals surface area contributed by atoms with E-state index in [4.69, 9.17) is 9.47 Å². The number of benzene rings is 1. The van der Waals surface area contributed by atoms with Crippen molar-refractivity contribution >= 4 is 34.2 Å². The molecule has 4 rings (SSSR count). The van der Waals surface area contributed by atoms with E-state index in [0.29, 0.717) is 10.6 Å². The lowest BCUT2D eigenvalue weighted by Gasteiger charge is -2.37. The summed E-state index contributed by atoms with van der Waals surface area (Å²) in [7, 11) is 0. The second-order valence-electron chi connectivity index (χ2n) is 7.45. The number of hydrogen-bond acceptors (Lipinski definition) is 7. The lowest BCUT2D eigenvalue weighted by atomic mass is 9.85. The van der Waals surface area contributed by atoms with Crippen molar-refractivity contribution in [1.29, 1.82) is 0 Å². The van der Waals surface area contributed by atoms with Crippen LogP contribution in [0.25, 0.3) is 0 Å². The lowest BCUT2D eigenvalue weighted by molar-refractivity contribution is -0.153. The Kier molecular flexibility index (Phi) is 6.15.